The predicted octanol–water partition coefficient (Wildman–Crippen LogP) is 4.13. The summed E-state index contributed by atoms with van der Waals surface area (Å²) in [5.41, 5.74) is 1.23. The van der Waals surface area contributed by atoms with Gasteiger partial charge in [-0.3, -0.25) is 4.40 Å². The van der Waals surface area contributed by atoms with Gasteiger partial charge in [-0.1, -0.05) is 32.6 Å². The van der Waals surface area contributed by atoms with Crippen molar-refractivity contribution >= 4 is 16.3 Å². The van der Waals surface area contributed by atoms with Gasteiger partial charge in [-0.05, 0) is 31.7 Å². The van der Waals surface area contributed by atoms with Crippen LogP contribution in [0.4, 0.5) is 0 Å². The zero-order chi connectivity index (χ0) is 14.7. The lowest BCUT2D eigenvalue weighted by molar-refractivity contribution is 0.217. The summed E-state index contributed by atoms with van der Waals surface area (Å²) in [5, 5.41) is 5.65. The summed E-state index contributed by atoms with van der Waals surface area (Å²) < 4.78 is 2.14. The average Bonchev–Trinajstić information content (AvgIpc) is 3.07. The van der Waals surface area contributed by atoms with E-state index in [2.05, 4.69) is 41.5 Å². The van der Waals surface area contributed by atoms with Crippen LogP contribution >= 0.6 is 11.3 Å². The van der Waals surface area contributed by atoms with Crippen LogP contribution in [0.5, 0.6) is 0 Å². The molecule has 0 radical (unpaired) electrons. The van der Waals surface area contributed by atoms with Crippen molar-refractivity contribution < 1.29 is 0 Å². The van der Waals surface area contributed by atoms with E-state index in [1.54, 1.807) is 11.3 Å². The lowest BCUT2D eigenvalue weighted by Crippen LogP contribution is -2.37. The molecule has 1 fully saturated rings. The number of aromatic nitrogens is 2. The Balaban J connectivity index is 1.59. The summed E-state index contributed by atoms with van der Waals surface area (Å²) in [7, 11) is 2.11. The van der Waals surface area contributed by atoms with Gasteiger partial charge in [0.05, 0.1) is 5.69 Å². The first kappa shape index (κ1) is 15.0. The van der Waals surface area contributed by atoms with Crippen molar-refractivity contribution in [3.05, 3.63) is 23.5 Å². The van der Waals surface area contributed by atoms with E-state index in [4.69, 9.17) is 4.98 Å². The van der Waals surface area contributed by atoms with Crippen LogP contribution in [-0.2, 0) is 6.42 Å². The van der Waals surface area contributed by atoms with Gasteiger partial charge in [0, 0.05) is 30.2 Å². The van der Waals surface area contributed by atoms with Crippen molar-refractivity contribution in [2.24, 2.45) is 11.8 Å². The fourth-order valence-electron chi connectivity index (χ4n) is 3.89. The molecule has 0 spiro atoms. The molecule has 0 aliphatic heterocycles. The van der Waals surface area contributed by atoms with Crippen LogP contribution in [0, 0.1) is 11.8 Å². The van der Waals surface area contributed by atoms with Crippen molar-refractivity contribution in [2.45, 2.75) is 57.9 Å². The summed E-state index contributed by atoms with van der Waals surface area (Å²) in [6.07, 6.45) is 13.7. The average molecular weight is 305 g/mol. The molecule has 1 saturated carbocycles. The van der Waals surface area contributed by atoms with E-state index < -0.39 is 0 Å². The van der Waals surface area contributed by atoms with Gasteiger partial charge in [-0.2, -0.15) is 0 Å². The number of fused-ring (bicyclic) bond motifs is 1. The second kappa shape index (κ2) is 6.93. The second-order valence-corrected chi connectivity index (χ2v) is 7.37. The molecule has 1 atom stereocenters. The third-order valence-electron chi connectivity index (χ3n) is 5.10. The Morgan fingerprint density at radius 2 is 2.19 bits per heavy atom. The fraction of sp³-hybridized carbons (Fsp3) is 0.706. The van der Waals surface area contributed by atoms with E-state index in [9.17, 15) is 0 Å². The molecule has 2 aromatic rings. The first-order chi connectivity index (χ1) is 10.3. The highest BCUT2D eigenvalue weighted by Gasteiger charge is 2.27. The summed E-state index contributed by atoms with van der Waals surface area (Å²) >= 11 is 1.72. The largest absolute Gasteiger partial charge is 0.316 e. The van der Waals surface area contributed by atoms with Gasteiger partial charge in [-0.15, -0.1) is 11.3 Å². The van der Waals surface area contributed by atoms with Crippen molar-refractivity contribution in [2.75, 3.05) is 7.05 Å². The highest BCUT2D eigenvalue weighted by atomic mass is 32.1. The summed E-state index contributed by atoms with van der Waals surface area (Å²) in [4.78, 5) is 5.86. The topological polar surface area (TPSA) is 29.3 Å². The molecule has 116 valence electrons. The highest BCUT2D eigenvalue weighted by Crippen LogP contribution is 2.34. The molecule has 1 aliphatic rings. The van der Waals surface area contributed by atoms with E-state index in [-0.39, 0.29) is 0 Å². The number of rotatable bonds is 6. The van der Waals surface area contributed by atoms with Crippen LogP contribution in [0.15, 0.2) is 17.8 Å². The van der Waals surface area contributed by atoms with Crippen molar-refractivity contribution in [3.63, 3.8) is 0 Å². The molecule has 3 rings (SSSR count). The van der Waals surface area contributed by atoms with Gasteiger partial charge >= 0.3 is 0 Å². The normalized spacial score (nSPS) is 24.5. The van der Waals surface area contributed by atoms with Crippen LogP contribution in [0.1, 0.15) is 51.1 Å². The Hall–Kier alpha value is -0.870. The lowest BCUT2D eigenvalue weighted by atomic mass is 9.76. The molecule has 1 N–H and O–H groups in total. The van der Waals surface area contributed by atoms with Crippen molar-refractivity contribution in [1.82, 2.24) is 14.7 Å². The minimum atomic E-state index is 0.581. The van der Waals surface area contributed by atoms with Gasteiger partial charge in [-0.25, -0.2) is 4.98 Å². The van der Waals surface area contributed by atoms with Gasteiger partial charge in [0.2, 0.25) is 0 Å². The number of thiazole rings is 1. The first-order valence-electron chi connectivity index (χ1n) is 8.38. The molecule has 0 aromatic carbocycles. The zero-order valence-electron chi connectivity index (χ0n) is 13.2. The monoisotopic (exact) mass is 305 g/mol. The molecular weight excluding hydrogens is 278 g/mol. The SMILES string of the molecule is CCCC1CCC(C(Cc2cn3ccsc3n2)NC)CC1. The van der Waals surface area contributed by atoms with E-state index >= 15 is 0 Å². The first-order valence-corrected chi connectivity index (χ1v) is 9.26. The number of likely N-dealkylation sites (N-methyl/N-ethyl adjacent to an activating group) is 1. The molecule has 1 aliphatic carbocycles. The Kier molecular flexibility index (Phi) is 4.96. The molecule has 4 heteroatoms. The smallest absolute Gasteiger partial charge is 0.193 e. The van der Waals surface area contributed by atoms with Crippen molar-refractivity contribution in [1.29, 1.82) is 0 Å². The predicted molar refractivity (Wildman–Crippen MR) is 90.0 cm³/mol. The minimum Gasteiger partial charge on any atom is -0.316 e. The van der Waals surface area contributed by atoms with Crippen LogP contribution < -0.4 is 5.32 Å². The molecule has 0 bridgehead atoms. The summed E-state index contributed by atoms with van der Waals surface area (Å²) in [5.74, 6) is 1.81. The molecule has 1 unspecified atom stereocenters. The molecular formula is C17H27N3S. The maximum atomic E-state index is 4.74. The van der Waals surface area contributed by atoms with Gasteiger partial charge < -0.3 is 5.32 Å². The molecule has 3 nitrogen and oxygen atoms in total. The minimum absolute atomic E-state index is 0.581. The van der Waals surface area contributed by atoms with Gasteiger partial charge in [0.15, 0.2) is 4.96 Å². The maximum absolute atomic E-state index is 4.74. The van der Waals surface area contributed by atoms with Gasteiger partial charge in [0.25, 0.3) is 0 Å². The third-order valence-corrected chi connectivity index (χ3v) is 5.87. The van der Waals surface area contributed by atoms with Crippen LogP contribution in [0.3, 0.4) is 0 Å². The maximum Gasteiger partial charge on any atom is 0.193 e. The Morgan fingerprint density at radius 3 is 2.86 bits per heavy atom. The molecule has 21 heavy (non-hydrogen) atoms. The molecule has 0 amide bonds. The number of nitrogens with zero attached hydrogens (tertiary/aromatic N) is 2. The number of imidazole rings is 1. The molecule has 0 saturated heterocycles. The van der Waals surface area contributed by atoms with E-state index in [0.29, 0.717) is 6.04 Å². The number of hydrogen-bond donors (Lipinski definition) is 1. The summed E-state index contributed by atoms with van der Waals surface area (Å²) in [6.45, 7) is 2.31. The summed E-state index contributed by atoms with van der Waals surface area (Å²) in [6, 6.07) is 0.581. The van der Waals surface area contributed by atoms with Crippen LogP contribution in [0.25, 0.3) is 4.96 Å². The number of nitrogens with one attached hydrogen (secondary N) is 1. The fourth-order valence-corrected chi connectivity index (χ4v) is 4.61. The Labute approximate surface area is 131 Å². The molecule has 2 aromatic heterocycles. The van der Waals surface area contributed by atoms with Gasteiger partial charge in [0.1, 0.15) is 0 Å². The van der Waals surface area contributed by atoms with E-state index in [1.807, 2.05) is 0 Å². The van der Waals surface area contributed by atoms with Crippen LogP contribution in [0.2, 0.25) is 0 Å². The van der Waals surface area contributed by atoms with E-state index in [1.165, 1.54) is 44.2 Å². The van der Waals surface area contributed by atoms with Crippen LogP contribution in [-0.4, -0.2) is 22.5 Å². The van der Waals surface area contributed by atoms with Crippen molar-refractivity contribution in [3.8, 4) is 0 Å². The Bertz CT molecular complexity index is 523. The lowest BCUT2D eigenvalue weighted by Gasteiger charge is -2.33. The number of hydrogen-bond acceptors (Lipinski definition) is 3. The standard InChI is InChI=1S/C17H27N3S/c1-3-4-13-5-7-14(8-6-13)16(18-2)11-15-12-20-9-10-21-17(20)19-15/h9-10,12-14,16,18H,3-8,11H2,1-2H3. The molecule has 2 heterocycles. The quantitative estimate of drug-likeness (QED) is 0.869. The van der Waals surface area contributed by atoms with E-state index in [0.717, 1.165) is 23.2 Å². The highest BCUT2D eigenvalue weighted by molar-refractivity contribution is 7.15. The third kappa shape index (κ3) is 3.49. The Morgan fingerprint density at radius 1 is 1.38 bits per heavy atom. The zero-order valence-corrected chi connectivity index (χ0v) is 14.0. The second-order valence-electron chi connectivity index (χ2n) is 6.49.